The lowest BCUT2D eigenvalue weighted by Crippen LogP contribution is -2.51. The van der Waals surface area contributed by atoms with E-state index in [-0.39, 0.29) is 23.8 Å². The molecule has 25 heavy (non-hydrogen) atoms. The van der Waals surface area contributed by atoms with E-state index in [1.807, 2.05) is 4.90 Å². The predicted molar refractivity (Wildman–Crippen MR) is 88.8 cm³/mol. The quantitative estimate of drug-likeness (QED) is 0.780. The fourth-order valence-electron chi connectivity index (χ4n) is 3.97. The number of hydrogen-bond acceptors (Lipinski definition) is 6. The number of hydrogen-bond donors (Lipinski definition) is 1. The molecule has 0 aromatic carbocycles. The number of fused-ring (bicyclic) bond motifs is 3. The van der Waals surface area contributed by atoms with Gasteiger partial charge in [0.25, 0.3) is 5.91 Å². The summed E-state index contributed by atoms with van der Waals surface area (Å²) in [6.45, 7) is 4.08. The molecule has 1 N–H and O–H groups in total. The normalized spacial score (nSPS) is 28.3. The summed E-state index contributed by atoms with van der Waals surface area (Å²) in [4.78, 5) is 37.0. The Labute approximate surface area is 146 Å². The first-order valence-electron chi connectivity index (χ1n) is 8.88. The summed E-state index contributed by atoms with van der Waals surface area (Å²) >= 11 is 0. The maximum Gasteiger partial charge on any atom is 0.274 e. The van der Waals surface area contributed by atoms with Crippen LogP contribution in [0.5, 0.6) is 0 Å². The van der Waals surface area contributed by atoms with Gasteiger partial charge < -0.3 is 15.0 Å². The molecule has 0 aliphatic carbocycles. The second-order valence-electron chi connectivity index (χ2n) is 7.01. The number of likely N-dealkylation sites (tertiary alicyclic amines) is 1. The summed E-state index contributed by atoms with van der Waals surface area (Å²) < 4.78 is 5.59. The van der Waals surface area contributed by atoms with Gasteiger partial charge in [-0.15, -0.1) is 0 Å². The summed E-state index contributed by atoms with van der Waals surface area (Å²) in [5.74, 6) is -0.0310. The van der Waals surface area contributed by atoms with Gasteiger partial charge in [0.05, 0.1) is 31.4 Å². The maximum atomic E-state index is 12.5. The van der Waals surface area contributed by atoms with E-state index in [1.54, 1.807) is 12.4 Å². The number of piperidine rings is 1. The average molecular weight is 345 g/mol. The lowest BCUT2D eigenvalue weighted by molar-refractivity contribution is -0.125. The Morgan fingerprint density at radius 1 is 1.20 bits per heavy atom. The van der Waals surface area contributed by atoms with Crippen molar-refractivity contribution in [3.63, 3.8) is 0 Å². The molecular formula is C17H23N5O3. The van der Waals surface area contributed by atoms with Crippen LogP contribution in [0.15, 0.2) is 18.6 Å². The monoisotopic (exact) mass is 345 g/mol. The van der Waals surface area contributed by atoms with E-state index in [1.165, 1.54) is 6.20 Å². The summed E-state index contributed by atoms with van der Waals surface area (Å²) in [6, 6.07) is 0.473. The second-order valence-corrected chi connectivity index (χ2v) is 7.01. The van der Waals surface area contributed by atoms with Crippen LogP contribution in [0.3, 0.4) is 0 Å². The average Bonchev–Trinajstić information content (AvgIpc) is 2.90. The molecule has 2 amide bonds. The predicted octanol–water partition coefficient (Wildman–Crippen LogP) is -0.472. The molecule has 3 aliphatic heterocycles. The van der Waals surface area contributed by atoms with E-state index in [4.69, 9.17) is 4.74 Å². The van der Waals surface area contributed by atoms with Crippen LogP contribution in [0.2, 0.25) is 0 Å². The minimum absolute atomic E-state index is 0.0514. The molecular weight excluding hydrogens is 322 g/mol. The molecule has 0 spiro atoms. The Kier molecular flexibility index (Phi) is 4.63. The number of carbonyl (C=O) groups excluding carboxylic acids is 2. The Morgan fingerprint density at radius 2 is 2.04 bits per heavy atom. The van der Waals surface area contributed by atoms with Gasteiger partial charge in [0.15, 0.2) is 0 Å². The van der Waals surface area contributed by atoms with Crippen molar-refractivity contribution in [2.75, 3.05) is 39.4 Å². The molecule has 2 atom stereocenters. The van der Waals surface area contributed by atoms with Crippen LogP contribution < -0.4 is 5.32 Å². The van der Waals surface area contributed by atoms with Gasteiger partial charge in [0, 0.05) is 44.6 Å². The van der Waals surface area contributed by atoms with Crippen molar-refractivity contribution >= 4 is 11.8 Å². The zero-order valence-corrected chi connectivity index (χ0v) is 14.1. The molecule has 0 unspecified atom stereocenters. The largest absolute Gasteiger partial charge is 0.378 e. The fourth-order valence-corrected chi connectivity index (χ4v) is 3.97. The SMILES string of the molecule is O=C1N[C@@H]2COC[C@H]1CN(C1CCN(C(=O)c3cnccn3)CC1)C2. The molecule has 3 aliphatic rings. The van der Waals surface area contributed by atoms with Crippen LogP contribution in [0.25, 0.3) is 0 Å². The minimum atomic E-state index is -0.0910. The van der Waals surface area contributed by atoms with Gasteiger partial charge in [-0.25, -0.2) is 4.98 Å². The van der Waals surface area contributed by atoms with Crippen LogP contribution >= 0.6 is 0 Å². The first kappa shape index (κ1) is 16.4. The molecule has 4 rings (SSSR count). The highest BCUT2D eigenvalue weighted by atomic mass is 16.5. The van der Waals surface area contributed by atoms with Crippen molar-refractivity contribution < 1.29 is 14.3 Å². The second kappa shape index (κ2) is 7.05. The fraction of sp³-hybridized carbons (Fsp3) is 0.647. The van der Waals surface area contributed by atoms with Crippen molar-refractivity contribution in [2.45, 2.75) is 24.9 Å². The molecule has 134 valence electrons. The van der Waals surface area contributed by atoms with E-state index in [9.17, 15) is 9.59 Å². The Morgan fingerprint density at radius 3 is 2.80 bits per heavy atom. The molecule has 4 heterocycles. The summed E-state index contributed by atoms with van der Waals surface area (Å²) in [6.07, 6.45) is 6.46. The number of ether oxygens (including phenoxy) is 1. The number of amides is 2. The van der Waals surface area contributed by atoms with Crippen molar-refractivity contribution in [2.24, 2.45) is 5.92 Å². The zero-order chi connectivity index (χ0) is 17.2. The molecule has 0 radical (unpaired) electrons. The standard InChI is InChI=1S/C17H23N5O3/c23-16-12-8-22(9-13(20-16)11-25-10-12)14-1-5-21(6-2-14)17(24)15-7-18-3-4-19-15/h3-4,7,12-14H,1-2,5-6,8-11H2,(H,20,23)/t12-,13+/m1/s1. The van der Waals surface area contributed by atoms with Gasteiger partial charge in [0.2, 0.25) is 5.91 Å². The Balaban J connectivity index is 1.37. The Hall–Kier alpha value is -2.06. The van der Waals surface area contributed by atoms with E-state index >= 15 is 0 Å². The van der Waals surface area contributed by atoms with Gasteiger partial charge in [0.1, 0.15) is 5.69 Å². The number of rotatable bonds is 2. The van der Waals surface area contributed by atoms with Crippen LogP contribution in [-0.2, 0) is 9.53 Å². The Bertz CT molecular complexity index is 632. The molecule has 2 bridgehead atoms. The van der Waals surface area contributed by atoms with Gasteiger partial charge in [-0.1, -0.05) is 0 Å². The van der Waals surface area contributed by atoms with Gasteiger partial charge in [-0.2, -0.15) is 0 Å². The lowest BCUT2D eigenvalue weighted by Gasteiger charge is -2.40. The highest BCUT2D eigenvalue weighted by Gasteiger charge is 2.37. The van der Waals surface area contributed by atoms with E-state index in [0.29, 0.717) is 38.0 Å². The van der Waals surface area contributed by atoms with Crippen molar-refractivity contribution in [3.8, 4) is 0 Å². The third kappa shape index (κ3) is 3.50. The number of nitrogens with one attached hydrogen (secondary N) is 1. The highest BCUT2D eigenvalue weighted by molar-refractivity contribution is 5.92. The van der Waals surface area contributed by atoms with E-state index in [2.05, 4.69) is 20.2 Å². The molecule has 1 aromatic rings. The third-order valence-electron chi connectivity index (χ3n) is 5.32. The van der Waals surface area contributed by atoms with Gasteiger partial charge >= 0.3 is 0 Å². The molecule has 8 nitrogen and oxygen atoms in total. The molecule has 3 saturated heterocycles. The number of carbonyl (C=O) groups is 2. The molecule has 3 fully saturated rings. The highest BCUT2D eigenvalue weighted by Crippen LogP contribution is 2.22. The van der Waals surface area contributed by atoms with E-state index in [0.717, 1.165) is 25.9 Å². The van der Waals surface area contributed by atoms with Crippen LogP contribution in [0.4, 0.5) is 0 Å². The first-order chi connectivity index (χ1) is 12.2. The molecule has 1 aromatic heterocycles. The lowest BCUT2D eigenvalue weighted by atomic mass is 10.00. The molecule has 0 saturated carbocycles. The van der Waals surface area contributed by atoms with Crippen molar-refractivity contribution in [3.05, 3.63) is 24.3 Å². The topological polar surface area (TPSA) is 87.7 Å². The summed E-state index contributed by atoms with van der Waals surface area (Å²) in [5.41, 5.74) is 0.400. The first-order valence-corrected chi connectivity index (χ1v) is 8.88. The smallest absolute Gasteiger partial charge is 0.274 e. The summed E-state index contributed by atoms with van der Waals surface area (Å²) in [7, 11) is 0. The zero-order valence-electron chi connectivity index (χ0n) is 14.1. The number of nitrogens with zero attached hydrogens (tertiary/aromatic N) is 4. The van der Waals surface area contributed by atoms with Crippen LogP contribution in [0.1, 0.15) is 23.3 Å². The maximum absolute atomic E-state index is 12.5. The van der Waals surface area contributed by atoms with Crippen LogP contribution in [0, 0.1) is 5.92 Å². The number of aromatic nitrogens is 2. The van der Waals surface area contributed by atoms with Crippen molar-refractivity contribution in [1.82, 2.24) is 25.1 Å². The van der Waals surface area contributed by atoms with Gasteiger partial charge in [-0.05, 0) is 12.8 Å². The minimum Gasteiger partial charge on any atom is -0.378 e. The van der Waals surface area contributed by atoms with E-state index < -0.39 is 0 Å². The summed E-state index contributed by atoms with van der Waals surface area (Å²) in [5, 5.41) is 3.07. The third-order valence-corrected chi connectivity index (χ3v) is 5.32. The van der Waals surface area contributed by atoms with Crippen LogP contribution in [-0.4, -0.2) is 83.1 Å². The van der Waals surface area contributed by atoms with Gasteiger partial charge in [-0.3, -0.25) is 19.5 Å². The van der Waals surface area contributed by atoms with Crippen molar-refractivity contribution in [1.29, 1.82) is 0 Å². The molecule has 8 heteroatoms.